The highest BCUT2D eigenvalue weighted by Crippen LogP contribution is 2.38. The molecule has 3 fully saturated rings. The summed E-state index contributed by atoms with van der Waals surface area (Å²) in [5.74, 6) is 1.65. The van der Waals surface area contributed by atoms with Gasteiger partial charge >= 0.3 is 0 Å². The molecule has 1 amide bonds. The standard InChI is InChI=1S/C15H22N4O.2ClH/c1-19(12-6-10-4-5-11(7-12)17-10)15(20)13-8-16-14(18-13)9-2-3-9;;/h8-12,17H,2-7H2,1H3,(H,16,18);2*1H. The molecule has 0 aromatic carbocycles. The third kappa shape index (κ3) is 3.26. The average molecular weight is 347 g/mol. The number of fused-ring (bicyclic) bond motifs is 2. The van der Waals surface area contributed by atoms with Gasteiger partial charge in [-0.15, -0.1) is 24.8 Å². The fraction of sp³-hybridized carbons (Fsp3) is 0.733. The normalized spacial score (nSPS) is 29.4. The van der Waals surface area contributed by atoms with Gasteiger partial charge < -0.3 is 15.2 Å². The lowest BCUT2D eigenvalue weighted by Crippen LogP contribution is -2.48. The van der Waals surface area contributed by atoms with E-state index in [1.54, 1.807) is 6.20 Å². The molecule has 3 aliphatic rings. The summed E-state index contributed by atoms with van der Waals surface area (Å²) in [5, 5.41) is 3.62. The molecular weight excluding hydrogens is 323 g/mol. The molecule has 2 atom stereocenters. The number of amides is 1. The Hall–Kier alpha value is -0.780. The van der Waals surface area contributed by atoms with Gasteiger partial charge in [-0.2, -0.15) is 0 Å². The van der Waals surface area contributed by atoms with Crippen LogP contribution in [-0.4, -0.2) is 45.9 Å². The van der Waals surface area contributed by atoms with Gasteiger partial charge in [0.1, 0.15) is 11.5 Å². The smallest absolute Gasteiger partial charge is 0.271 e. The fourth-order valence-electron chi connectivity index (χ4n) is 3.71. The molecule has 2 N–H and O–H groups in total. The highest BCUT2D eigenvalue weighted by molar-refractivity contribution is 5.92. The largest absolute Gasteiger partial charge is 0.338 e. The lowest BCUT2D eigenvalue weighted by molar-refractivity contribution is 0.0676. The zero-order chi connectivity index (χ0) is 13.7. The topological polar surface area (TPSA) is 61.0 Å². The number of halogens is 2. The third-order valence-corrected chi connectivity index (χ3v) is 5.11. The SMILES string of the molecule is CN(C(=O)c1cnc(C2CC2)[nH]1)C1CC2CCC(C1)N2.Cl.Cl. The van der Waals surface area contributed by atoms with Crippen LogP contribution in [0.4, 0.5) is 0 Å². The fourth-order valence-corrected chi connectivity index (χ4v) is 3.71. The minimum absolute atomic E-state index is 0. The number of carbonyl (C=O) groups is 1. The highest BCUT2D eigenvalue weighted by atomic mass is 35.5. The number of H-pyrrole nitrogens is 1. The predicted octanol–water partition coefficient (Wildman–Crippen LogP) is 2.49. The summed E-state index contributed by atoms with van der Waals surface area (Å²) < 4.78 is 0. The van der Waals surface area contributed by atoms with Gasteiger partial charge in [-0.1, -0.05) is 0 Å². The van der Waals surface area contributed by atoms with Crippen LogP contribution in [0.25, 0.3) is 0 Å². The number of hydrogen-bond donors (Lipinski definition) is 2. The molecule has 3 heterocycles. The maximum absolute atomic E-state index is 12.6. The minimum Gasteiger partial charge on any atom is -0.338 e. The second-order valence-corrected chi connectivity index (χ2v) is 6.64. The van der Waals surface area contributed by atoms with Crippen molar-refractivity contribution in [2.75, 3.05) is 7.05 Å². The average Bonchev–Trinajstić information content (AvgIpc) is 3.11. The van der Waals surface area contributed by atoms with Gasteiger partial charge in [-0.3, -0.25) is 4.79 Å². The van der Waals surface area contributed by atoms with E-state index >= 15 is 0 Å². The number of aromatic nitrogens is 2. The molecule has 4 rings (SSSR count). The van der Waals surface area contributed by atoms with E-state index in [0.717, 1.165) is 18.7 Å². The number of carbonyl (C=O) groups excluding carboxylic acids is 1. The lowest BCUT2D eigenvalue weighted by atomic mass is 9.98. The van der Waals surface area contributed by atoms with Crippen LogP contribution in [0.15, 0.2) is 6.20 Å². The van der Waals surface area contributed by atoms with Crippen LogP contribution >= 0.6 is 24.8 Å². The number of nitrogens with one attached hydrogen (secondary N) is 2. The van der Waals surface area contributed by atoms with E-state index in [2.05, 4.69) is 15.3 Å². The Kier molecular flexibility index (Phi) is 5.41. The lowest BCUT2D eigenvalue weighted by Gasteiger charge is -2.35. The van der Waals surface area contributed by atoms with Crippen molar-refractivity contribution >= 4 is 30.7 Å². The summed E-state index contributed by atoms with van der Waals surface area (Å²) >= 11 is 0. The van der Waals surface area contributed by atoms with Crippen LogP contribution in [0.5, 0.6) is 0 Å². The third-order valence-electron chi connectivity index (χ3n) is 5.11. The highest BCUT2D eigenvalue weighted by Gasteiger charge is 2.37. The van der Waals surface area contributed by atoms with Gasteiger partial charge in [-0.25, -0.2) is 4.98 Å². The molecule has 1 aliphatic carbocycles. The van der Waals surface area contributed by atoms with Gasteiger partial charge in [0.15, 0.2) is 0 Å². The number of nitrogens with zero attached hydrogens (tertiary/aromatic N) is 2. The first-order chi connectivity index (χ1) is 9.70. The monoisotopic (exact) mass is 346 g/mol. The van der Waals surface area contributed by atoms with Crippen molar-refractivity contribution in [1.29, 1.82) is 0 Å². The van der Waals surface area contributed by atoms with Crippen LogP contribution in [0, 0.1) is 0 Å². The van der Waals surface area contributed by atoms with Crippen molar-refractivity contribution in [3.05, 3.63) is 17.7 Å². The Morgan fingerprint density at radius 1 is 1.18 bits per heavy atom. The second kappa shape index (κ2) is 6.77. The van der Waals surface area contributed by atoms with Crippen molar-refractivity contribution in [2.45, 2.75) is 62.6 Å². The molecule has 7 heteroatoms. The minimum atomic E-state index is 0. The van der Waals surface area contributed by atoms with Crippen molar-refractivity contribution in [1.82, 2.24) is 20.2 Å². The van der Waals surface area contributed by atoms with E-state index in [4.69, 9.17) is 0 Å². The Morgan fingerprint density at radius 3 is 2.41 bits per heavy atom. The second-order valence-electron chi connectivity index (χ2n) is 6.64. The molecule has 0 radical (unpaired) electrons. The molecular formula is C15H24Cl2N4O. The Labute approximate surface area is 143 Å². The van der Waals surface area contributed by atoms with E-state index in [0.29, 0.717) is 29.7 Å². The molecule has 1 aromatic heterocycles. The molecule has 0 spiro atoms. The van der Waals surface area contributed by atoms with Crippen molar-refractivity contribution in [3.63, 3.8) is 0 Å². The first-order valence-electron chi connectivity index (χ1n) is 7.79. The van der Waals surface area contributed by atoms with Crippen molar-refractivity contribution in [2.24, 2.45) is 0 Å². The zero-order valence-electron chi connectivity index (χ0n) is 12.7. The maximum Gasteiger partial charge on any atom is 0.271 e. The van der Waals surface area contributed by atoms with Crippen LogP contribution in [0.3, 0.4) is 0 Å². The zero-order valence-corrected chi connectivity index (χ0v) is 14.4. The van der Waals surface area contributed by atoms with Crippen molar-refractivity contribution in [3.8, 4) is 0 Å². The first kappa shape index (κ1) is 17.6. The summed E-state index contributed by atoms with van der Waals surface area (Å²) in [6, 6.07) is 1.59. The molecule has 124 valence electrons. The van der Waals surface area contributed by atoms with Crippen LogP contribution in [-0.2, 0) is 0 Å². The van der Waals surface area contributed by atoms with Crippen LogP contribution in [0.1, 0.15) is 60.8 Å². The number of imidazole rings is 1. The maximum atomic E-state index is 12.6. The number of aromatic amines is 1. The molecule has 2 saturated heterocycles. The summed E-state index contributed by atoms with van der Waals surface area (Å²) in [7, 11) is 1.94. The van der Waals surface area contributed by atoms with Gasteiger partial charge in [0.05, 0.1) is 6.20 Å². The molecule has 2 bridgehead atoms. The molecule has 2 unspecified atom stereocenters. The van der Waals surface area contributed by atoms with E-state index in [1.165, 1.54) is 25.7 Å². The van der Waals surface area contributed by atoms with Gasteiger partial charge in [0.2, 0.25) is 0 Å². The molecule has 22 heavy (non-hydrogen) atoms. The molecule has 1 aromatic rings. The summed E-state index contributed by atoms with van der Waals surface area (Å²) in [6.45, 7) is 0. The van der Waals surface area contributed by atoms with Crippen LogP contribution < -0.4 is 5.32 Å². The summed E-state index contributed by atoms with van der Waals surface area (Å²) in [4.78, 5) is 22.1. The number of hydrogen-bond acceptors (Lipinski definition) is 3. The van der Waals surface area contributed by atoms with Gasteiger partial charge in [0, 0.05) is 31.1 Å². The summed E-state index contributed by atoms with van der Waals surface area (Å²) in [6.07, 6.45) is 8.81. The summed E-state index contributed by atoms with van der Waals surface area (Å²) in [5.41, 5.74) is 0.653. The first-order valence-corrected chi connectivity index (χ1v) is 7.79. The van der Waals surface area contributed by atoms with E-state index in [1.807, 2.05) is 11.9 Å². The molecule has 2 aliphatic heterocycles. The Bertz CT molecular complexity index is 519. The van der Waals surface area contributed by atoms with E-state index in [-0.39, 0.29) is 30.7 Å². The Balaban J connectivity index is 0.000000882. The Morgan fingerprint density at radius 2 is 1.82 bits per heavy atom. The van der Waals surface area contributed by atoms with E-state index < -0.39 is 0 Å². The van der Waals surface area contributed by atoms with Gasteiger partial charge in [0.25, 0.3) is 5.91 Å². The molecule has 5 nitrogen and oxygen atoms in total. The molecule has 1 saturated carbocycles. The quantitative estimate of drug-likeness (QED) is 0.883. The van der Waals surface area contributed by atoms with Gasteiger partial charge in [-0.05, 0) is 38.5 Å². The van der Waals surface area contributed by atoms with Crippen molar-refractivity contribution < 1.29 is 4.79 Å². The van der Waals surface area contributed by atoms with Crippen LogP contribution in [0.2, 0.25) is 0 Å². The number of rotatable bonds is 3. The van der Waals surface area contributed by atoms with E-state index in [9.17, 15) is 4.79 Å². The number of piperidine rings is 1. The predicted molar refractivity (Wildman–Crippen MR) is 90.1 cm³/mol.